The molecule has 2 unspecified atom stereocenters. The van der Waals surface area contributed by atoms with Crippen LogP contribution in [0.3, 0.4) is 0 Å². The molecule has 0 aromatic carbocycles. The van der Waals surface area contributed by atoms with Crippen molar-refractivity contribution in [1.82, 2.24) is 4.90 Å². The highest BCUT2D eigenvalue weighted by atomic mass is 79.9. The van der Waals surface area contributed by atoms with Crippen LogP contribution in [0.25, 0.3) is 0 Å². The van der Waals surface area contributed by atoms with E-state index >= 15 is 0 Å². The molecule has 0 bridgehead atoms. The molecular formula is C12H19BrN2S. The lowest BCUT2D eigenvalue weighted by Crippen LogP contribution is -2.40. The van der Waals surface area contributed by atoms with Crippen molar-refractivity contribution in [2.75, 3.05) is 6.54 Å². The minimum Gasteiger partial charge on any atom is -0.326 e. The first-order chi connectivity index (χ1) is 7.63. The Bertz CT molecular complexity index is 347. The summed E-state index contributed by atoms with van der Waals surface area (Å²) in [5.41, 5.74) is 6.17. The van der Waals surface area contributed by atoms with E-state index in [4.69, 9.17) is 5.73 Å². The van der Waals surface area contributed by atoms with Crippen LogP contribution in [0.2, 0.25) is 0 Å². The van der Waals surface area contributed by atoms with Gasteiger partial charge in [0, 0.05) is 26.8 Å². The smallest absolute Gasteiger partial charge is 0.0593 e. The van der Waals surface area contributed by atoms with Crippen molar-refractivity contribution in [3.63, 3.8) is 0 Å². The minimum absolute atomic E-state index is 0.186. The molecule has 2 atom stereocenters. The molecule has 2 rings (SSSR count). The third-order valence-corrected chi connectivity index (χ3v) is 4.88. The van der Waals surface area contributed by atoms with E-state index < -0.39 is 0 Å². The highest BCUT2D eigenvalue weighted by molar-refractivity contribution is 9.10. The second kappa shape index (κ2) is 5.17. The van der Waals surface area contributed by atoms with E-state index in [-0.39, 0.29) is 6.04 Å². The van der Waals surface area contributed by atoms with Gasteiger partial charge < -0.3 is 5.73 Å². The summed E-state index contributed by atoms with van der Waals surface area (Å²) in [4.78, 5) is 3.94. The predicted octanol–water partition coefficient (Wildman–Crippen LogP) is 3.38. The Morgan fingerprint density at radius 2 is 2.31 bits per heavy atom. The van der Waals surface area contributed by atoms with E-state index in [0.29, 0.717) is 6.04 Å². The lowest BCUT2D eigenvalue weighted by Gasteiger charge is -2.32. The van der Waals surface area contributed by atoms with Crippen molar-refractivity contribution in [2.45, 2.75) is 44.8 Å². The fraction of sp³-hybridized carbons (Fsp3) is 0.667. The van der Waals surface area contributed by atoms with Gasteiger partial charge in [-0.1, -0.05) is 6.92 Å². The van der Waals surface area contributed by atoms with Crippen LogP contribution in [0.15, 0.2) is 15.9 Å². The topological polar surface area (TPSA) is 29.3 Å². The summed E-state index contributed by atoms with van der Waals surface area (Å²) >= 11 is 5.33. The largest absolute Gasteiger partial charge is 0.326 e. The number of thiophene rings is 1. The zero-order chi connectivity index (χ0) is 11.7. The SMILES string of the molecule is CCN(C1CC1)C(c1cc(Br)cs1)C(C)N. The Balaban J connectivity index is 2.21. The molecule has 2 N–H and O–H groups in total. The fourth-order valence-electron chi connectivity index (χ4n) is 2.30. The molecule has 0 aliphatic heterocycles. The second-order valence-corrected chi connectivity index (χ2v) is 6.39. The predicted molar refractivity (Wildman–Crippen MR) is 73.8 cm³/mol. The number of nitrogens with two attached hydrogens (primary N) is 1. The van der Waals surface area contributed by atoms with E-state index in [0.717, 1.165) is 12.6 Å². The van der Waals surface area contributed by atoms with Crippen LogP contribution in [0.4, 0.5) is 0 Å². The lowest BCUT2D eigenvalue weighted by atomic mass is 10.1. The van der Waals surface area contributed by atoms with Crippen LogP contribution in [0.1, 0.15) is 37.6 Å². The van der Waals surface area contributed by atoms with E-state index in [1.54, 1.807) is 11.3 Å². The van der Waals surface area contributed by atoms with Gasteiger partial charge >= 0.3 is 0 Å². The summed E-state index contributed by atoms with van der Waals surface area (Å²) in [7, 11) is 0. The third kappa shape index (κ3) is 2.67. The minimum atomic E-state index is 0.186. The first-order valence-corrected chi connectivity index (χ1v) is 7.56. The van der Waals surface area contributed by atoms with Crippen LogP contribution in [-0.2, 0) is 0 Å². The monoisotopic (exact) mass is 302 g/mol. The molecular weight excluding hydrogens is 284 g/mol. The van der Waals surface area contributed by atoms with Gasteiger partial charge in [0.15, 0.2) is 0 Å². The molecule has 1 aromatic rings. The molecule has 1 aliphatic rings. The van der Waals surface area contributed by atoms with E-state index in [1.807, 2.05) is 0 Å². The molecule has 4 heteroatoms. The number of hydrogen-bond donors (Lipinski definition) is 1. The number of rotatable bonds is 5. The molecule has 90 valence electrons. The van der Waals surface area contributed by atoms with Crippen molar-refractivity contribution >= 4 is 27.3 Å². The second-order valence-electron chi connectivity index (χ2n) is 4.53. The van der Waals surface area contributed by atoms with Crippen LogP contribution in [0, 0.1) is 0 Å². The maximum atomic E-state index is 6.17. The number of likely N-dealkylation sites (N-methyl/N-ethyl adjacent to an activating group) is 1. The standard InChI is InChI=1S/C12H19BrN2S/c1-3-15(10-4-5-10)12(8(2)14)11-6-9(13)7-16-11/h6-8,10,12H,3-5,14H2,1-2H3. The van der Waals surface area contributed by atoms with Gasteiger partial charge in [0.25, 0.3) is 0 Å². The lowest BCUT2D eigenvalue weighted by molar-refractivity contribution is 0.178. The Kier molecular flexibility index (Phi) is 4.06. The molecule has 0 radical (unpaired) electrons. The zero-order valence-corrected chi connectivity index (χ0v) is 12.2. The molecule has 16 heavy (non-hydrogen) atoms. The average Bonchev–Trinajstić information content (AvgIpc) is 2.98. The first kappa shape index (κ1) is 12.6. The van der Waals surface area contributed by atoms with Gasteiger partial charge in [0.05, 0.1) is 6.04 Å². The summed E-state index contributed by atoms with van der Waals surface area (Å²) in [6.45, 7) is 5.44. The Morgan fingerprint density at radius 3 is 2.69 bits per heavy atom. The van der Waals surface area contributed by atoms with Gasteiger partial charge in [-0.2, -0.15) is 0 Å². The van der Waals surface area contributed by atoms with Crippen LogP contribution in [0.5, 0.6) is 0 Å². The molecule has 0 saturated heterocycles. The molecule has 1 fully saturated rings. The highest BCUT2D eigenvalue weighted by Crippen LogP contribution is 2.38. The Morgan fingerprint density at radius 1 is 1.62 bits per heavy atom. The molecule has 1 aromatic heterocycles. The van der Waals surface area contributed by atoms with Gasteiger partial charge in [-0.25, -0.2) is 0 Å². The highest BCUT2D eigenvalue weighted by Gasteiger charge is 2.35. The summed E-state index contributed by atoms with van der Waals surface area (Å²) in [5.74, 6) is 0. The van der Waals surface area contributed by atoms with Crippen LogP contribution >= 0.6 is 27.3 Å². The van der Waals surface area contributed by atoms with Crippen molar-refractivity contribution in [1.29, 1.82) is 0 Å². The van der Waals surface area contributed by atoms with Crippen molar-refractivity contribution in [3.05, 3.63) is 20.8 Å². The number of nitrogens with zero attached hydrogens (tertiary/aromatic N) is 1. The summed E-state index contributed by atoms with van der Waals surface area (Å²) in [5, 5.41) is 2.14. The first-order valence-electron chi connectivity index (χ1n) is 5.88. The molecule has 1 heterocycles. The van der Waals surface area contributed by atoms with Gasteiger partial charge in [-0.15, -0.1) is 11.3 Å². The van der Waals surface area contributed by atoms with Gasteiger partial charge in [-0.3, -0.25) is 4.90 Å². The Hall–Kier alpha value is 0.1000. The van der Waals surface area contributed by atoms with Gasteiger partial charge in [-0.05, 0) is 48.3 Å². The van der Waals surface area contributed by atoms with E-state index in [1.165, 1.54) is 22.2 Å². The quantitative estimate of drug-likeness (QED) is 0.903. The van der Waals surface area contributed by atoms with Gasteiger partial charge in [0.1, 0.15) is 0 Å². The Labute approximate surface area is 110 Å². The molecule has 1 saturated carbocycles. The molecule has 2 nitrogen and oxygen atoms in total. The van der Waals surface area contributed by atoms with Crippen molar-refractivity contribution in [2.24, 2.45) is 5.73 Å². The van der Waals surface area contributed by atoms with E-state index in [9.17, 15) is 0 Å². The zero-order valence-electron chi connectivity index (χ0n) is 9.82. The van der Waals surface area contributed by atoms with Crippen molar-refractivity contribution in [3.8, 4) is 0 Å². The average molecular weight is 303 g/mol. The maximum absolute atomic E-state index is 6.17. The van der Waals surface area contributed by atoms with Crippen LogP contribution in [-0.4, -0.2) is 23.5 Å². The summed E-state index contributed by atoms with van der Waals surface area (Å²) in [6.07, 6.45) is 2.67. The molecule has 1 aliphatic carbocycles. The van der Waals surface area contributed by atoms with E-state index in [2.05, 4.69) is 46.1 Å². The summed E-state index contributed by atoms with van der Waals surface area (Å²) in [6, 6.07) is 3.55. The van der Waals surface area contributed by atoms with Crippen molar-refractivity contribution < 1.29 is 0 Å². The van der Waals surface area contributed by atoms with Gasteiger partial charge in [0.2, 0.25) is 0 Å². The molecule has 0 amide bonds. The molecule has 0 spiro atoms. The summed E-state index contributed by atoms with van der Waals surface area (Å²) < 4.78 is 1.17. The maximum Gasteiger partial charge on any atom is 0.0593 e. The number of hydrogen-bond acceptors (Lipinski definition) is 3. The number of halogens is 1. The fourth-order valence-corrected chi connectivity index (χ4v) is 3.98. The van der Waals surface area contributed by atoms with Crippen LogP contribution < -0.4 is 5.73 Å². The normalized spacial score (nSPS) is 20.1. The third-order valence-electron chi connectivity index (χ3n) is 3.12.